The van der Waals surface area contributed by atoms with E-state index in [1.54, 1.807) is 0 Å². The van der Waals surface area contributed by atoms with Gasteiger partial charge in [-0.1, -0.05) is 27.7 Å². The van der Waals surface area contributed by atoms with Gasteiger partial charge in [0.2, 0.25) is 0 Å². The number of alkyl carbamates (subject to hydrolysis) is 2. The molecule has 0 bridgehead atoms. The lowest BCUT2D eigenvalue weighted by Gasteiger charge is -2.31. The first-order chi connectivity index (χ1) is 14.8. The molecular weight excluding hydrogens is 408 g/mol. The minimum absolute atomic E-state index is 0.210. The summed E-state index contributed by atoms with van der Waals surface area (Å²) >= 11 is 0. The van der Waals surface area contributed by atoms with Crippen molar-refractivity contribution < 1.29 is 38.1 Å². The molecule has 0 aliphatic heterocycles. The highest BCUT2D eigenvalue weighted by Gasteiger charge is 2.38. The van der Waals surface area contributed by atoms with Crippen molar-refractivity contribution in [2.24, 2.45) is 5.41 Å². The molecule has 0 saturated heterocycles. The second-order valence-corrected chi connectivity index (χ2v) is 7.33. The molecule has 0 saturated carbocycles. The molecule has 0 radical (unpaired) electrons. The monoisotopic (exact) mass is 446 g/mol. The minimum Gasteiger partial charge on any atom is -0.465 e. The molecule has 0 rings (SSSR count). The molecule has 2 amide bonds. The third-order valence-corrected chi connectivity index (χ3v) is 4.04. The lowest BCUT2D eigenvalue weighted by molar-refractivity contribution is -0.159. The molecule has 0 aliphatic rings. The Kier molecular flexibility index (Phi) is 15.8. The van der Waals surface area contributed by atoms with Crippen LogP contribution >= 0.6 is 0 Å². The van der Waals surface area contributed by atoms with Crippen molar-refractivity contribution in [2.75, 3.05) is 39.5 Å². The van der Waals surface area contributed by atoms with Crippen molar-refractivity contribution >= 4 is 24.1 Å². The van der Waals surface area contributed by atoms with E-state index >= 15 is 0 Å². The van der Waals surface area contributed by atoms with Gasteiger partial charge in [-0.2, -0.15) is 0 Å². The van der Waals surface area contributed by atoms with Crippen LogP contribution in [0.2, 0.25) is 0 Å². The van der Waals surface area contributed by atoms with E-state index in [9.17, 15) is 19.2 Å². The Morgan fingerprint density at radius 1 is 0.581 bits per heavy atom. The average Bonchev–Trinajstić information content (AvgIpc) is 2.75. The van der Waals surface area contributed by atoms with Crippen LogP contribution in [0.3, 0.4) is 0 Å². The fourth-order valence-corrected chi connectivity index (χ4v) is 2.26. The molecule has 10 nitrogen and oxygen atoms in total. The summed E-state index contributed by atoms with van der Waals surface area (Å²) in [7, 11) is 0. The van der Waals surface area contributed by atoms with Crippen molar-refractivity contribution in [2.45, 2.75) is 66.2 Å². The number of rotatable bonds is 16. The molecule has 0 aliphatic carbocycles. The Balaban J connectivity index is 5.37. The summed E-state index contributed by atoms with van der Waals surface area (Å²) in [6.45, 7) is 7.29. The van der Waals surface area contributed by atoms with Gasteiger partial charge in [0.05, 0.1) is 0 Å². The molecule has 180 valence electrons. The van der Waals surface area contributed by atoms with Crippen LogP contribution in [0.25, 0.3) is 0 Å². The minimum atomic E-state index is -1.24. The number of carbonyl (C=O) groups excluding carboxylic acids is 4. The van der Waals surface area contributed by atoms with Gasteiger partial charge < -0.3 is 29.6 Å². The smallest absolute Gasteiger partial charge is 0.407 e. The molecule has 31 heavy (non-hydrogen) atoms. The van der Waals surface area contributed by atoms with Crippen LogP contribution in [0.1, 0.15) is 66.2 Å². The average molecular weight is 447 g/mol. The van der Waals surface area contributed by atoms with Crippen LogP contribution in [0.15, 0.2) is 0 Å². The van der Waals surface area contributed by atoms with Crippen molar-refractivity contribution in [3.8, 4) is 0 Å². The summed E-state index contributed by atoms with van der Waals surface area (Å²) in [4.78, 5) is 47.7. The highest BCUT2D eigenvalue weighted by Crippen LogP contribution is 2.22. The lowest BCUT2D eigenvalue weighted by Crippen LogP contribution is -2.45. The van der Waals surface area contributed by atoms with Crippen LogP contribution in [0.4, 0.5) is 9.59 Å². The van der Waals surface area contributed by atoms with Gasteiger partial charge in [-0.05, 0) is 25.7 Å². The third kappa shape index (κ3) is 14.2. The van der Waals surface area contributed by atoms with Crippen molar-refractivity contribution in [3.63, 3.8) is 0 Å². The van der Waals surface area contributed by atoms with Crippen molar-refractivity contribution in [1.82, 2.24) is 10.6 Å². The first-order valence-corrected chi connectivity index (χ1v) is 10.9. The normalized spacial score (nSPS) is 10.7. The Morgan fingerprint density at radius 2 is 0.935 bits per heavy atom. The number of nitrogens with one attached hydrogen (secondary N) is 2. The Hall–Kier alpha value is -2.52. The molecule has 0 fully saturated rings. The Bertz CT molecular complexity index is 505. The number of hydrogen-bond acceptors (Lipinski definition) is 8. The SMILES string of the molecule is CCCNC(=O)OCC(COC(=O)CCC)(COC(=O)CCC)COC(=O)NCCC. The van der Waals surface area contributed by atoms with E-state index in [1.807, 2.05) is 27.7 Å². The molecule has 0 atom stereocenters. The molecule has 0 heterocycles. The number of amides is 2. The second-order valence-electron chi connectivity index (χ2n) is 7.33. The number of esters is 2. The molecule has 0 aromatic rings. The van der Waals surface area contributed by atoms with E-state index in [2.05, 4.69) is 10.6 Å². The molecule has 0 aromatic heterocycles. The third-order valence-electron chi connectivity index (χ3n) is 4.04. The predicted molar refractivity (Wildman–Crippen MR) is 113 cm³/mol. The first-order valence-electron chi connectivity index (χ1n) is 10.9. The Labute approximate surface area is 184 Å². The van der Waals surface area contributed by atoms with Gasteiger partial charge in [0.15, 0.2) is 0 Å². The van der Waals surface area contributed by atoms with Gasteiger partial charge in [-0.25, -0.2) is 9.59 Å². The lowest BCUT2D eigenvalue weighted by atomic mass is 9.92. The molecule has 0 aromatic carbocycles. The van der Waals surface area contributed by atoms with E-state index in [4.69, 9.17) is 18.9 Å². The quantitative estimate of drug-likeness (QED) is 0.273. The topological polar surface area (TPSA) is 129 Å². The largest absolute Gasteiger partial charge is 0.465 e. The van der Waals surface area contributed by atoms with Crippen LogP contribution in [0.5, 0.6) is 0 Å². The molecular formula is C21H38N2O8. The van der Waals surface area contributed by atoms with Gasteiger partial charge in [0.1, 0.15) is 31.8 Å². The molecule has 10 heteroatoms. The molecule has 0 unspecified atom stereocenters. The van der Waals surface area contributed by atoms with E-state index in [0.717, 1.165) is 12.8 Å². The molecule has 2 N–H and O–H groups in total. The summed E-state index contributed by atoms with van der Waals surface area (Å²) in [5.41, 5.74) is -1.24. The molecule has 0 spiro atoms. The van der Waals surface area contributed by atoms with Gasteiger partial charge in [0.25, 0.3) is 0 Å². The van der Waals surface area contributed by atoms with Crippen LogP contribution < -0.4 is 10.6 Å². The number of hydrogen-bond donors (Lipinski definition) is 2. The number of carbonyl (C=O) groups is 4. The van der Waals surface area contributed by atoms with Crippen LogP contribution in [0, 0.1) is 5.41 Å². The maximum atomic E-state index is 11.9. The van der Waals surface area contributed by atoms with Crippen molar-refractivity contribution in [3.05, 3.63) is 0 Å². The van der Waals surface area contributed by atoms with Gasteiger partial charge in [-0.3, -0.25) is 9.59 Å². The fraction of sp³-hybridized carbons (Fsp3) is 0.810. The van der Waals surface area contributed by atoms with Gasteiger partial charge in [-0.15, -0.1) is 0 Å². The van der Waals surface area contributed by atoms with Crippen molar-refractivity contribution in [1.29, 1.82) is 0 Å². The van der Waals surface area contributed by atoms with Crippen LogP contribution in [-0.4, -0.2) is 63.6 Å². The van der Waals surface area contributed by atoms with E-state index in [0.29, 0.717) is 25.9 Å². The zero-order valence-corrected chi connectivity index (χ0v) is 19.3. The van der Waals surface area contributed by atoms with E-state index in [-0.39, 0.29) is 39.3 Å². The predicted octanol–water partition coefficient (Wildman–Crippen LogP) is 2.93. The zero-order valence-electron chi connectivity index (χ0n) is 19.3. The fourth-order valence-electron chi connectivity index (χ4n) is 2.26. The zero-order chi connectivity index (χ0) is 23.5. The van der Waals surface area contributed by atoms with Crippen LogP contribution in [-0.2, 0) is 28.5 Å². The van der Waals surface area contributed by atoms with Gasteiger partial charge in [0, 0.05) is 25.9 Å². The first kappa shape index (κ1) is 28.5. The summed E-state index contributed by atoms with van der Waals surface area (Å²) in [6, 6.07) is 0. The summed E-state index contributed by atoms with van der Waals surface area (Å²) < 4.78 is 21.2. The standard InChI is InChI=1S/C21H38N2O8/c1-5-9-17(24)28-13-21(14-29-18(25)10-6-2,15-30-19(26)22-11-7-3)16-31-20(27)23-12-8-4/h5-16H2,1-4H3,(H,22,26)(H,23,27). The maximum absolute atomic E-state index is 11.9. The van der Waals surface area contributed by atoms with Gasteiger partial charge >= 0.3 is 24.1 Å². The second kappa shape index (κ2) is 17.2. The van der Waals surface area contributed by atoms with E-state index < -0.39 is 29.5 Å². The summed E-state index contributed by atoms with van der Waals surface area (Å²) in [5.74, 6) is -0.893. The highest BCUT2D eigenvalue weighted by molar-refractivity contribution is 5.70. The van der Waals surface area contributed by atoms with E-state index in [1.165, 1.54) is 0 Å². The maximum Gasteiger partial charge on any atom is 0.407 e. The summed E-state index contributed by atoms with van der Waals surface area (Å²) in [6.07, 6.45) is 1.74. The highest BCUT2D eigenvalue weighted by atomic mass is 16.6. The number of ether oxygens (including phenoxy) is 4. The summed E-state index contributed by atoms with van der Waals surface area (Å²) in [5, 5.41) is 5.14. The Morgan fingerprint density at radius 3 is 1.26 bits per heavy atom.